The summed E-state index contributed by atoms with van der Waals surface area (Å²) < 4.78 is 6.78. The average Bonchev–Trinajstić information content (AvgIpc) is 3.53. The van der Waals surface area contributed by atoms with E-state index in [1.54, 1.807) is 0 Å². The van der Waals surface area contributed by atoms with Crippen molar-refractivity contribution in [2.45, 2.75) is 26.2 Å². The SMILES string of the molecule is Cc1c2ccccc2c(-c2ccc3c(c2)oc2c(-c4ccc5c(c4)-c4ccccc4C5(C)C)cccc23)c2ccccc12. The van der Waals surface area contributed by atoms with Crippen LogP contribution in [0.15, 0.2) is 132 Å². The molecule has 0 bridgehead atoms. The molecule has 0 aliphatic heterocycles. The zero-order chi connectivity index (χ0) is 28.9. The highest BCUT2D eigenvalue weighted by Crippen LogP contribution is 2.50. The van der Waals surface area contributed by atoms with Gasteiger partial charge in [-0.15, -0.1) is 0 Å². The van der Waals surface area contributed by atoms with Crippen molar-refractivity contribution >= 4 is 43.5 Å². The number of hydrogen-bond acceptors (Lipinski definition) is 1. The van der Waals surface area contributed by atoms with Crippen LogP contribution in [-0.4, -0.2) is 0 Å². The van der Waals surface area contributed by atoms with Gasteiger partial charge >= 0.3 is 0 Å². The predicted molar refractivity (Wildman–Crippen MR) is 182 cm³/mol. The Morgan fingerprint density at radius 2 is 1.07 bits per heavy atom. The van der Waals surface area contributed by atoms with Crippen LogP contribution in [0.4, 0.5) is 0 Å². The normalized spacial score (nSPS) is 13.7. The molecule has 0 unspecified atom stereocenters. The van der Waals surface area contributed by atoms with Crippen molar-refractivity contribution in [3.8, 4) is 33.4 Å². The van der Waals surface area contributed by atoms with Gasteiger partial charge in [-0.2, -0.15) is 0 Å². The molecule has 0 radical (unpaired) electrons. The molecule has 1 aliphatic carbocycles. The van der Waals surface area contributed by atoms with Crippen molar-refractivity contribution in [2.24, 2.45) is 0 Å². The third kappa shape index (κ3) is 3.34. The molecule has 9 rings (SSSR count). The number of aryl methyl sites for hydroxylation is 1. The minimum atomic E-state index is -0.00342. The average molecular weight is 551 g/mol. The molecule has 0 saturated heterocycles. The highest BCUT2D eigenvalue weighted by Gasteiger charge is 2.35. The highest BCUT2D eigenvalue weighted by molar-refractivity contribution is 6.17. The second-order valence-electron chi connectivity index (χ2n) is 12.5. The van der Waals surface area contributed by atoms with E-state index in [1.807, 2.05) is 0 Å². The second kappa shape index (κ2) is 8.69. The monoisotopic (exact) mass is 550 g/mol. The lowest BCUT2D eigenvalue weighted by Crippen LogP contribution is -2.14. The zero-order valence-electron chi connectivity index (χ0n) is 24.5. The molecule has 0 fully saturated rings. The van der Waals surface area contributed by atoms with Crippen LogP contribution in [0.1, 0.15) is 30.5 Å². The first kappa shape index (κ1) is 24.5. The molecule has 7 aromatic carbocycles. The molecule has 1 aromatic heterocycles. The second-order valence-corrected chi connectivity index (χ2v) is 12.5. The van der Waals surface area contributed by atoms with Crippen molar-refractivity contribution < 1.29 is 4.42 Å². The maximum absolute atomic E-state index is 6.78. The topological polar surface area (TPSA) is 13.1 Å². The van der Waals surface area contributed by atoms with E-state index in [9.17, 15) is 0 Å². The Labute approximate surface area is 251 Å². The summed E-state index contributed by atoms with van der Waals surface area (Å²) in [5.74, 6) is 0. The molecule has 0 N–H and O–H groups in total. The summed E-state index contributed by atoms with van der Waals surface area (Å²) in [4.78, 5) is 0. The Balaban J connectivity index is 1.26. The molecule has 0 spiro atoms. The fourth-order valence-corrected chi connectivity index (χ4v) is 7.73. The summed E-state index contributed by atoms with van der Waals surface area (Å²) >= 11 is 0. The standard InChI is InChI=1S/C42H30O/c1-25-28-11-4-6-14-33(28)40(34-15-7-5-12-29(25)34)27-19-21-32-35-17-10-16-30(41(35)43-39(32)24-27)26-20-22-38-36(23-26)31-13-8-9-18-37(31)42(38,2)3/h4-24H,1-3H3. The van der Waals surface area contributed by atoms with Gasteiger partial charge in [-0.3, -0.25) is 0 Å². The first-order valence-corrected chi connectivity index (χ1v) is 15.1. The molecule has 43 heavy (non-hydrogen) atoms. The number of fused-ring (bicyclic) bond motifs is 8. The molecule has 1 heteroatoms. The number of furan rings is 1. The van der Waals surface area contributed by atoms with Gasteiger partial charge in [-0.1, -0.05) is 123 Å². The Hall–Kier alpha value is -5.14. The van der Waals surface area contributed by atoms with Gasteiger partial charge in [0.15, 0.2) is 0 Å². The number of para-hydroxylation sites is 1. The van der Waals surface area contributed by atoms with Crippen LogP contribution in [0.5, 0.6) is 0 Å². The molecule has 1 aliphatic rings. The lowest BCUT2D eigenvalue weighted by atomic mass is 9.82. The number of rotatable bonds is 2. The van der Waals surface area contributed by atoms with Gasteiger partial charge in [0.25, 0.3) is 0 Å². The maximum atomic E-state index is 6.78. The first-order valence-electron chi connectivity index (χ1n) is 15.1. The van der Waals surface area contributed by atoms with E-state index in [-0.39, 0.29) is 5.41 Å². The molecule has 1 heterocycles. The Morgan fingerprint density at radius 3 is 1.84 bits per heavy atom. The molecule has 1 nitrogen and oxygen atoms in total. The fraction of sp³-hybridized carbons (Fsp3) is 0.0952. The third-order valence-corrected chi connectivity index (χ3v) is 9.88. The van der Waals surface area contributed by atoms with Crippen LogP contribution in [0, 0.1) is 6.92 Å². The quantitative estimate of drug-likeness (QED) is 0.195. The van der Waals surface area contributed by atoms with Crippen molar-refractivity contribution in [1.29, 1.82) is 0 Å². The third-order valence-electron chi connectivity index (χ3n) is 9.88. The predicted octanol–water partition coefficient (Wildman–Crippen LogP) is 11.8. The van der Waals surface area contributed by atoms with Gasteiger partial charge in [-0.05, 0) is 91.2 Å². The Kier molecular flexibility index (Phi) is 4.94. The van der Waals surface area contributed by atoms with Gasteiger partial charge in [0.05, 0.1) is 0 Å². The number of hydrogen-bond donors (Lipinski definition) is 0. The Morgan fingerprint density at radius 1 is 0.465 bits per heavy atom. The molecule has 0 atom stereocenters. The van der Waals surface area contributed by atoms with Crippen molar-refractivity contribution in [1.82, 2.24) is 0 Å². The summed E-state index contributed by atoms with van der Waals surface area (Å²) in [6.45, 7) is 6.89. The van der Waals surface area contributed by atoms with Crippen LogP contribution < -0.4 is 0 Å². The minimum Gasteiger partial charge on any atom is -0.455 e. The van der Waals surface area contributed by atoms with Gasteiger partial charge < -0.3 is 4.42 Å². The van der Waals surface area contributed by atoms with E-state index in [2.05, 4.69) is 148 Å². The largest absolute Gasteiger partial charge is 0.455 e. The maximum Gasteiger partial charge on any atom is 0.143 e. The molecule has 0 saturated carbocycles. The van der Waals surface area contributed by atoms with E-state index < -0.39 is 0 Å². The van der Waals surface area contributed by atoms with E-state index >= 15 is 0 Å². The van der Waals surface area contributed by atoms with Crippen molar-refractivity contribution in [3.63, 3.8) is 0 Å². The zero-order valence-corrected chi connectivity index (χ0v) is 24.5. The van der Waals surface area contributed by atoms with Gasteiger partial charge in [-0.25, -0.2) is 0 Å². The Bertz CT molecular complexity index is 2380. The van der Waals surface area contributed by atoms with Crippen LogP contribution in [0.3, 0.4) is 0 Å². The lowest BCUT2D eigenvalue weighted by molar-refractivity contribution is 0.660. The van der Waals surface area contributed by atoms with Gasteiger partial charge in [0, 0.05) is 21.8 Å². The van der Waals surface area contributed by atoms with Crippen LogP contribution in [0.2, 0.25) is 0 Å². The van der Waals surface area contributed by atoms with E-state index in [0.717, 1.165) is 27.5 Å². The van der Waals surface area contributed by atoms with E-state index in [1.165, 1.54) is 66.1 Å². The molecular formula is C42H30O. The molecule has 0 amide bonds. The summed E-state index contributed by atoms with van der Waals surface area (Å²) in [7, 11) is 0. The molecule has 204 valence electrons. The summed E-state index contributed by atoms with van der Waals surface area (Å²) in [6, 6.07) is 46.6. The van der Waals surface area contributed by atoms with Crippen LogP contribution in [0.25, 0.3) is 76.9 Å². The van der Waals surface area contributed by atoms with Crippen LogP contribution >= 0.6 is 0 Å². The van der Waals surface area contributed by atoms with Gasteiger partial charge in [0.1, 0.15) is 11.2 Å². The first-order chi connectivity index (χ1) is 21.0. The minimum absolute atomic E-state index is 0.00342. The van der Waals surface area contributed by atoms with Crippen molar-refractivity contribution in [2.75, 3.05) is 0 Å². The van der Waals surface area contributed by atoms with E-state index in [4.69, 9.17) is 4.42 Å². The fourth-order valence-electron chi connectivity index (χ4n) is 7.73. The summed E-state index contributed by atoms with van der Waals surface area (Å²) in [6.07, 6.45) is 0. The molecular weight excluding hydrogens is 520 g/mol. The van der Waals surface area contributed by atoms with E-state index in [0.29, 0.717) is 0 Å². The summed E-state index contributed by atoms with van der Waals surface area (Å²) in [5, 5.41) is 7.44. The molecule has 8 aromatic rings. The number of benzene rings is 7. The smallest absolute Gasteiger partial charge is 0.143 e. The lowest BCUT2D eigenvalue weighted by Gasteiger charge is -2.21. The van der Waals surface area contributed by atoms with Gasteiger partial charge in [0.2, 0.25) is 0 Å². The van der Waals surface area contributed by atoms with Crippen LogP contribution in [-0.2, 0) is 5.41 Å². The highest BCUT2D eigenvalue weighted by atomic mass is 16.3. The van der Waals surface area contributed by atoms with Crippen molar-refractivity contribution in [3.05, 3.63) is 144 Å². The summed E-state index contributed by atoms with van der Waals surface area (Å²) in [5.41, 5.74) is 13.4.